The molecule has 0 aliphatic carbocycles. The summed E-state index contributed by atoms with van der Waals surface area (Å²) in [6.07, 6.45) is 0. The van der Waals surface area contributed by atoms with Crippen LogP contribution in [0, 0.1) is 17.1 Å². The number of carbonyl (C=O) groups is 1. The zero-order chi connectivity index (χ0) is 10.0. The molecule has 0 aliphatic rings. The van der Waals surface area contributed by atoms with Gasteiger partial charge in [-0.2, -0.15) is 5.26 Å². The number of hydrogen-bond donors (Lipinski definition) is 0. The summed E-state index contributed by atoms with van der Waals surface area (Å²) in [7, 11) is 0. The van der Waals surface area contributed by atoms with Crippen molar-refractivity contribution in [1.29, 1.82) is 5.26 Å². The Morgan fingerprint density at radius 3 is 2.69 bits per heavy atom. The molecular weight excluding hydrogens is 237 g/mol. The predicted molar refractivity (Wildman–Crippen MR) is 48.8 cm³/mol. The molecule has 0 spiro atoms. The SMILES string of the molecule is CC(=O)c1c(Br)ccc(C#N)c1F. The average molecular weight is 242 g/mol. The highest BCUT2D eigenvalue weighted by molar-refractivity contribution is 9.10. The van der Waals surface area contributed by atoms with Gasteiger partial charge in [0.15, 0.2) is 11.6 Å². The van der Waals surface area contributed by atoms with E-state index < -0.39 is 11.6 Å². The summed E-state index contributed by atoms with van der Waals surface area (Å²) in [6, 6.07) is 4.48. The van der Waals surface area contributed by atoms with Crippen LogP contribution in [-0.2, 0) is 0 Å². The third-order valence-electron chi connectivity index (χ3n) is 1.56. The summed E-state index contributed by atoms with van der Waals surface area (Å²) in [5, 5.41) is 8.50. The Morgan fingerprint density at radius 1 is 1.62 bits per heavy atom. The van der Waals surface area contributed by atoms with Crippen molar-refractivity contribution in [3.63, 3.8) is 0 Å². The van der Waals surface area contributed by atoms with Gasteiger partial charge >= 0.3 is 0 Å². The van der Waals surface area contributed by atoms with Gasteiger partial charge in [-0.25, -0.2) is 4.39 Å². The highest BCUT2D eigenvalue weighted by Crippen LogP contribution is 2.22. The van der Waals surface area contributed by atoms with E-state index >= 15 is 0 Å². The number of nitriles is 1. The van der Waals surface area contributed by atoms with Gasteiger partial charge in [-0.1, -0.05) is 0 Å². The molecule has 0 bridgehead atoms. The Labute approximate surface area is 83.1 Å². The van der Waals surface area contributed by atoms with Crippen molar-refractivity contribution < 1.29 is 9.18 Å². The molecule has 2 nitrogen and oxygen atoms in total. The van der Waals surface area contributed by atoms with Crippen molar-refractivity contribution in [2.45, 2.75) is 6.92 Å². The van der Waals surface area contributed by atoms with Gasteiger partial charge in [0, 0.05) is 4.47 Å². The first-order valence-corrected chi connectivity index (χ1v) is 4.26. The summed E-state index contributed by atoms with van der Waals surface area (Å²) in [6.45, 7) is 1.25. The van der Waals surface area contributed by atoms with Crippen LogP contribution in [0.15, 0.2) is 16.6 Å². The lowest BCUT2D eigenvalue weighted by atomic mass is 10.1. The van der Waals surface area contributed by atoms with Crippen LogP contribution < -0.4 is 0 Å². The fraction of sp³-hybridized carbons (Fsp3) is 0.111. The first kappa shape index (κ1) is 9.87. The highest BCUT2D eigenvalue weighted by atomic mass is 79.9. The molecule has 1 aromatic rings. The monoisotopic (exact) mass is 241 g/mol. The first-order chi connectivity index (χ1) is 6.07. The first-order valence-electron chi connectivity index (χ1n) is 3.47. The van der Waals surface area contributed by atoms with Gasteiger partial charge in [0.25, 0.3) is 0 Å². The molecule has 0 unspecified atom stereocenters. The smallest absolute Gasteiger partial charge is 0.163 e. The summed E-state index contributed by atoms with van der Waals surface area (Å²) in [4.78, 5) is 11.0. The van der Waals surface area contributed by atoms with Crippen LogP contribution in [0.5, 0.6) is 0 Å². The van der Waals surface area contributed by atoms with Gasteiger partial charge in [0.2, 0.25) is 0 Å². The van der Waals surface area contributed by atoms with E-state index in [-0.39, 0.29) is 11.1 Å². The fourth-order valence-corrected chi connectivity index (χ4v) is 1.55. The number of ketones is 1. The normalized spacial score (nSPS) is 9.38. The zero-order valence-electron chi connectivity index (χ0n) is 6.77. The van der Waals surface area contributed by atoms with Crippen LogP contribution in [0.4, 0.5) is 4.39 Å². The molecule has 4 heteroatoms. The van der Waals surface area contributed by atoms with Crippen molar-refractivity contribution in [3.05, 3.63) is 33.5 Å². The minimum absolute atomic E-state index is 0.0703. The van der Waals surface area contributed by atoms with Gasteiger partial charge in [0.05, 0.1) is 11.1 Å². The molecule has 0 saturated carbocycles. The third kappa shape index (κ3) is 1.76. The van der Waals surface area contributed by atoms with Crippen LogP contribution in [0.2, 0.25) is 0 Å². The second kappa shape index (κ2) is 3.67. The van der Waals surface area contributed by atoms with Crippen molar-refractivity contribution >= 4 is 21.7 Å². The van der Waals surface area contributed by atoms with Crippen LogP contribution in [0.1, 0.15) is 22.8 Å². The van der Waals surface area contributed by atoms with E-state index in [9.17, 15) is 9.18 Å². The molecule has 0 saturated heterocycles. The van der Waals surface area contributed by atoms with E-state index in [0.717, 1.165) is 0 Å². The molecule has 66 valence electrons. The molecule has 0 fully saturated rings. The maximum atomic E-state index is 13.3. The lowest BCUT2D eigenvalue weighted by Crippen LogP contribution is -2.00. The standard InChI is InChI=1S/C9H5BrFNO/c1-5(13)8-7(10)3-2-6(4-12)9(8)11/h2-3H,1H3. The Morgan fingerprint density at radius 2 is 2.23 bits per heavy atom. The van der Waals surface area contributed by atoms with E-state index in [1.807, 2.05) is 0 Å². The largest absolute Gasteiger partial charge is 0.294 e. The van der Waals surface area contributed by atoms with Crippen molar-refractivity contribution in [1.82, 2.24) is 0 Å². The second-order valence-electron chi connectivity index (χ2n) is 2.45. The molecule has 0 aromatic heterocycles. The number of nitrogens with zero attached hydrogens (tertiary/aromatic N) is 1. The summed E-state index contributed by atoms with van der Waals surface area (Å²) in [5.74, 6) is -1.16. The van der Waals surface area contributed by atoms with Crippen LogP contribution in [0.25, 0.3) is 0 Å². The van der Waals surface area contributed by atoms with Crippen molar-refractivity contribution in [2.24, 2.45) is 0 Å². The fourth-order valence-electron chi connectivity index (χ4n) is 0.962. The minimum atomic E-state index is -0.760. The topological polar surface area (TPSA) is 40.9 Å². The van der Waals surface area contributed by atoms with Crippen molar-refractivity contribution in [3.8, 4) is 6.07 Å². The molecule has 0 aliphatic heterocycles. The Bertz CT molecular complexity index is 409. The second-order valence-corrected chi connectivity index (χ2v) is 3.31. The lowest BCUT2D eigenvalue weighted by Gasteiger charge is -2.02. The van der Waals surface area contributed by atoms with Crippen LogP contribution >= 0.6 is 15.9 Å². The number of halogens is 2. The van der Waals surface area contributed by atoms with Gasteiger partial charge < -0.3 is 0 Å². The molecule has 0 N–H and O–H groups in total. The predicted octanol–water partition coefficient (Wildman–Crippen LogP) is 2.66. The van der Waals surface area contributed by atoms with Gasteiger partial charge in [-0.05, 0) is 35.0 Å². The minimum Gasteiger partial charge on any atom is -0.294 e. The third-order valence-corrected chi connectivity index (χ3v) is 2.22. The maximum absolute atomic E-state index is 13.3. The van der Waals surface area contributed by atoms with Gasteiger partial charge in [0.1, 0.15) is 6.07 Å². The number of hydrogen-bond acceptors (Lipinski definition) is 2. The summed E-state index contributed by atoms with van der Waals surface area (Å²) < 4.78 is 13.7. The summed E-state index contributed by atoms with van der Waals surface area (Å²) >= 11 is 3.04. The van der Waals surface area contributed by atoms with Crippen LogP contribution in [0.3, 0.4) is 0 Å². The molecule has 0 radical (unpaired) electrons. The highest BCUT2D eigenvalue weighted by Gasteiger charge is 2.15. The maximum Gasteiger partial charge on any atom is 0.163 e. The quantitative estimate of drug-likeness (QED) is 0.710. The van der Waals surface area contributed by atoms with E-state index in [2.05, 4.69) is 15.9 Å². The van der Waals surface area contributed by atoms with E-state index in [1.165, 1.54) is 19.1 Å². The van der Waals surface area contributed by atoms with Crippen molar-refractivity contribution in [2.75, 3.05) is 0 Å². The zero-order valence-corrected chi connectivity index (χ0v) is 8.35. The van der Waals surface area contributed by atoms with Gasteiger partial charge in [-0.3, -0.25) is 4.79 Å². The summed E-state index contributed by atoms with van der Waals surface area (Å²) in [5.41, 5.74) is -0.188. The number of carbonyl (C=O) groups excluding carboxylic acids is 1. The molecule has 0 atom stereocenters. The van der Waals surface area contributed by atoms with Crippen LogP contribution in [-0.4, -0.2) is 5.78 Å². The number of rotatable bonds is 1. The molecule has 13 heavy (non-hydrogen) atoms. The molecule has 1 aromatic carbocycles. The molecule has 1 rings (SSSR count). The number of benzene rings is 1. The number of Topliss-reactive ketones (excluding diaryl/α,β-unsaturated/α-hetero) is 1. The molecule has 0 amide bonds. The van der Waals surface area contributed by atoms with E-state index in [1.54, 1.807) is 6.07 Å². The molecular formula is C9H5BrFNO. The Kier molecular flexibility index (Phi) is 2.79. The lowest BCUT2D eigenvalue weighted by molar-refractivity contribution is 0.101. The van der Waals surface area contributed by atoms with E-state index in [4.69, 9.17) is 5.26 Å². The van der Waals surface area contributed by atoms with Gasteiger partial charge in [-0.15, -0.1) is 0 Å². The average Bonchev–Trinajstić information content (AvgIpc) is 2.04. The van der Waals surface area contributed by atoms with E-state index in [0.29, 0.717) is 4.47 Å². The molecule has 0 heterocycles. The Hall–Kier alpha value is -1.21. The Balaban J connectivity index is 3.50.